The number of morpholine rings is 1. The van der Waals surface area contributed by atoms with E-state index < -0.39 is 0 Å². The van der Waals surface area contributed by atoms with E-state index in [0.717, 1.165) is 31.5 Å². The standard InChI is InChI=1S/C24H33N3O3/c28-22(11-10-20-6-2-1-3-7-20)25-12-14-26(15-13-25)23(21-8-4-5-9-21)24(29)27-16-18-30-19-17-27/h1-3,6-7,10-11,21,23H,4-5,8-9,12-19H2/b11-10+. The highest BCUT2D eigenvalue weighted by Crippen LogP contribution is 2.32. The molecule has 0 spiro atoms. The first-order valence-electron chi connectivity index (χ1n) is 11.3. The molecule has 0 aromatic heterocycles. The molecule has 6 nitrogen and oxygen atoms in total. The fourth-order valence-corrected chi connectivity index (χ4v) is 4.96. The fraction of sp³-hybridized carbons (Fsp3) is 0.583. The molecule has 1 unspecified atom stereocenters. The highest BCUT2D eigenvalue weighted by molar-refractivity contribution is 5.91. The molecule has 162 valence electrons. The summed E-state index contributed by atoms with van der Waals surface area (Å²) in [6, 6.07) is 9.85. The maximum Gasteiger partial charge on any atom is 0.246 e. The van der Waals surface area contributed by atoms with Crippen LogP contribution in [0.4, 0.5) is 0 Å². The van der Waals surface area contributed by atoms with E-state index in [9.17, 15) is 9.59 Å². The van der Waals surface area contributed by atoms with Gasteiger partial charge in [-0.1, -0.05) is 43.2 Å². The van der Waals surface area contributed by atoms with Gasteiger partial charge in [0.1, 0.15) is 0 Å². The smallest absolute Gasteiger partial charge is 0.246 e. The average molecular weight is 412 g/mol. The van der Waals surface area contributed by atoms with E-state index in [0.29, 0.717) is 45.3 Å². The van der Waals surface area contributed by atoms with Gasteiger partial charge in [-0.3, -0.25) is 14.5 Å². The molecular weight excluding hydrogens is 378 g/mol. The summed E-state index contributed by atoms with van der Waals surface area (Å²) in [5, 5.41) is 0. The van der Waals surface area contributed by atoms with Gasteiger partial charge in [0.25, 0.3) is 0 Å². The summed E-state index contributed by atoms with van der Waals surface area (Å²) >= 11 is 0. The number of nitrogens with zero attached hydrogens (tertiary/aromatic N) is 3. The zero-order valence-electron chi connectivity index (χ0n) is 17.7. The Bertz CT molecular complexity index is 731. The Kier molecular flexibility index (Phi) is 7.18. The summed E-state index contributed by atoms with van der Waals surface area (Å²) in [4.78, 5) is 32.3. The maximum absolute atomic E-state index is 13.4. The summed E-state index contributed by atoms with van der Waals surface area (Å²) in [5.74, 6) is 0.768. The van der Waals surface area contributed by atoms with Crippen molar-refractivity contribution in [3.05, 3.63) is 42.0 Å². The van der Waals surface area contributed by atoms with Crippen LogP contribution in [0, 0.1) is 5.92 Å². The lowest BCUT2D eigenvalue weighted by Crippen LogP contribution is -2.59. The van der Waals surface area contributed by atoms with E-state index >= 15 is 0 Å². The number of carbonyl (C=O) groups is 2. The van der Waals surface area contributed by atoms with Crippen molar-refractivity contribution in [1.82, 2.24) is 14.7 Å². The van der Waals surface area contributed by atoms with Gasteiger partial charge in [0.15, 0.2) is 0 Å². The Labute approximate surface area is 179 Å². The fourth-order valence-electron chi connectivity index (χ4n) is 4.96. The Hall–Kier alpha value is -2.18. The Balaban J connectivity index is 1.36. The second kappa shape index (κ2) is 10.2. The number of piperazine rings is 1. The molecule has 2 aliphatic heterocycles. The number of hydrogen-bond acceptors (Lipinski definition) is 4. The summed E-state index contributed by atoms with van der Waals surface area (Å²) < 4.78 is 5.44. The van der Waals surface area contributed by atoms with Crippen LogP contribution in [-0.4, -0.2) is 85.0 Å². The molecule has 1 aliphatic carbocycles. The van der Waals surface area contributed by atoms with Gasteiger partial charge in [0.2, 0.25) is 11.8 Å². The van der Waals surface area contributed by atoms with Gasteiger partial charge in [-0.05, 0) is 30.4 Å². The van der Waals surface area contributed by atoms with Gasteiger partial charge in [0.05, 0.1) is 19.3 Å². The van der Waals surface area contributed by atoms with Crippen LogP contribution in [0.2, 0.25) is 0 Å². The van der Waals surface area contributed by atoms with Gasteiger partial charge in [-0.15, -0.1) is 0 Å². The van der Waals surface area contributed by atoms with Crippen LogP contribution in [0.5, 0.6) is 0 Å². The molecule has 2 saturated heterocycles. The molecule has 3 aliphatic rings. The lowest BCUT2D eigenvalue weighted by Gasteiger charge is -2.42. The molecule has 2 amide bonds. The van der Waals surface area contributed by atoms with E-state index in [1.165, 1.54) is 12.8 Å². The molecule has 2 heterocycles. The molecule has 3 fully saturated rings. The second-order valence-electron chi connectivity index (χ2n) is 8.53. The summed E-state index contributed by atoms with van der Waals surface area (Å²) in [5.41, 5.74) is 1.03. The molecular formula is C24H33N3O3. The van der Waals surface area contributed by atoms with E-state index in [2.05, 4.69) is 4.90 Å². The normalized spacial score (nSPS) is 22.5. The highest BCUT2D eigenvalue weighted by Gasteiger charge is 2.39. The summed E-state index contributed by atoms with van der Waals surface area (Å²) in [6.45, 7) is 5.56. The quantitative estimate of drug-likeness (QED) is 0.698. The van der Waals surface area contributed by atoms with E-state index in [1.54, 1.807) is 6.08 Å². The molecule has 0 bridgehead atoms. The van der Waals surface area contributed by atoms with Crippen molar-refractivity contribution in [2.75, 3.05) is 52.5 Å². The van der Waals surface area contributed by atoms with Gasteiger partial charge in [0, 0.05) is 45.3 Å². The van der Waals surface area contributed by atoms with E-state index in [-0.39, 0.29) is 17.9 Å². The summed E-state index contributed by atoms with van der Waals surface area (Å²) in [6.07, 6.45) is 8.26. The lowest BCUT2D eigenvalue weighted by atomic mass is 9.94. The van der Waals surface area contributed by atoms with Crippen molar-refractivity contribution in [3.8, 4) is 0 Å². The van der Waals surface area contributed by atoms with Crippen molar-refractivity contribution in [1.29, 1.82) is 0 Å². The average Bonchev–Trinajstić information content (AvgIpc) is 3.34. The van der Waals surface area contributed by atoms with Crippen LogP contribution in [0.15, 0.2) is 36.4 Å². The molecule has 1 aromatic rings. The molecule has 0 radical (unpaired) electrons. The Morgan fingerprint density at radius 1 is 0.900 bits per heavy atom. The van der Waals surface area contributed by atoms with E-state index in [4.69, 9.17) is 4.74 Å². The van der Waals surface area contributed by atoms with Crippen molar-refractivity contribution < 1.29 is 14.3 Å². The predicted molar refractivity (Wildman–Crippen MR) is 117 cm³/mol. The third-order valence-electron chi connectivity index (χ3n) is 6.66. The molecule has 1 saturated carbocycles. The Morgan fingerprint density at radius 3 is 2.23 bits per heavy atom. The Morgan fingerprint density at radius 2 is 1.57 bits per heavy atom. The van der Waals surface area contributed by atoms with Crippen molar-refractivity contribution in [2.45, 2.75) is 31.7 Å². The largest absolute Gasteiger partial charge is 0.378 e. The third-order valence-corrected chi connectivity index (χ3v) is 6.66. The van der Waals surface area contributed by atoms with Gasteiger partial charge >= 0.3 is 0 Å². The zero-order chi connectivity index (χ0) is 20.8. The molecule has 0 N–H and O–H groups in total. The number of ether oxygens (including phenoxy) is 1. The number of rotatable bonds is 5. The molecule has 1 atom stereocenters. The first-order valence-corrected chi connectivity index (χ1v) is 11.3. The minimum absolute atomic E-state index is 0.0392. The van der Waals surface area contributed by atoms with Gasteiger partial charge in [-0.25, -0.2) is 0 Å². The number of benzene rings is 1. The first kappa shape index (κ1) is 21.1. The minimum Gasteiger partial charge on any atom is -0.378 e. The lowest BCUT2D eigenvalue weighted by molar-refractivity contribution is -0.144. The first-order chi connectivity index (χ1) is 14.7. The maximum atomic E-state index is 13.4. The monoisotopic (exact) mass is 411 g/mol. The highest BCUT2D eigenvalue weighted by atomic mass is 16.5. The molecule has 1 aromatic carbocycles. The summed E-state index contributed by atoms with van der Waals surface area (Å²) in [7, 11) is 0. The van der Waals surface area contributed by atoms with Crippen molar-refractivity contribution >= 4 is 17.9 Å². The third kappa shape index (κ3) is 5.10. The topological polar surface area (TPSA) is 53.1 Å². The zero-order valence-corrected chi connectivity index (χ0v) is 17.7. The van der Waals surface area contributed by atoms with Crippen LogP contribution >= 0.6 is 0 Å². The number of hydrogen-bond donors (Lipinski definition) is 0. The second-order valence-corrected chi connectivity index (χ2v) is 8.53. The van der Waals surface area contributed by atoms with Crippen LogP contribution in [0.25, 0.3) is 6.08 Å². The van der Waals surface area contributed by atoms with Crippen LogP contribution in [0.3, 0.4) is 0 Å². The van der Waals surface area contributed by atoms with Crippen molar-refractivity contribution in [3.63, 3.8) is 0 Å². The number of carbonyl (C=O) groups excluding carboxylic acids is 2. The molecule has 4 rings (SSSR count). The van der Waals surface area contributed by atoms with Crippen LogP contribution in [-0.2, 0) is 14.3 Å². The molecule has 6 heteroatoms. The SMILES string of the molecule is O=C(/C=C/c1ccccc1)N1CCN(C(C(=O)N2CCOCC2)C2CCCC2)CC1. The van der Waals surface area contributed by atoms with Crippen LogP contribution < -0.4 is 0 Å². The predicted octanol–water partition coefficient (Wildman–Crippen LogP) is 2.26. The van der Waals surface area contributed by atoms with Crippen LogP contribution in [0.1, 0.15) is 31.2 Å². The number of amides is 2. The van der Waals surface area contributed by atoms with Gasteiger partial charge in [-0.2, -0.15) is 0 Å². The molecule has 30 heavy (non-hydrogen) atoms. The minimum atomic E-state index is -0.0392. The van der Waals surface area contributed by atoms with Gasteiger partial charge < -0.3 is 14.5 Å². The van der Waals surface area contributed by atoms with Crippen molar-refractivity contribution in [2.24, 2.45) is 5.92 Å². The van der Waals surface area contributed by atoms with E-state index in [1.807, 2.05) is 46.2 Å².